The van der Waals surface area contributed by atoms with E-state index >= 15 is 0 Å². The number of rotatable bonds is 6. The summed E-state index contributed by atoms with van der Waals surface area (Å²) in [6.07, 6.45) is 5.88. The number of aromatic nitrogens is 4. The number of aryl methyl sites for hydroxylation is 1. The highest BCUT2D eigenvalue weighted by Gasteiger charge is 2.22. The molecule has 1 fully saturated rings. The smallest absolute Gasteiger partial charge is 0.226 e. The fourth-order valence-corrected chi connectivity index (χ4v) is 4.65. The van der Waals surface area contributed by atoms with Crippen LogP contribution in [0, 0.1) is 6.92 Å². The molecule has 0 saturated carbocycles. The molecule has 0 bridgehead atoms. The van der Waals surface area contributed by atoms with E-state index in [4.69, 9.17) is 4.74 Å². The Morgan fingerprint density at radius 2 is 2.00 bits per heavy atom. The second-order valence-corrected chi connectivity index (χ2v) is 8.64. The van der Waals surface area contributed by atoms with E-state index in [2.05, 4.69) is 73.3 Å². The van der Waals surface area contributed by atoms with Gasteiger partial charge in [-0.2, -0.15) is 0 Å². The molecule has 4 aromatic rings. The Balaban J connectivity index is 1.26. The normalized spacial score (nSPS) is 15.6. The zero-order valence-corrected chi connectivity index (χ0v) is 17.9. The molecule has 7 heteroatoms. The summed E-state index contributed by atoms with van der Waals surface area (Å²) in [5, 5.41) is 3.11. The first-order valence-electron chi connectivity index (χ1n) is 10.4. The SMILES string of the molecule is Cc1cccc(Cn2ccc3c(OC4CCN(Cc5cscn5)CC4)ncnc32)c1. The largest absolute Gasteiger partial charge is 0.474 e. The van der Waals surface area contributed by atoms with Crippen molar-refractivity contribution in [3.8, 4) is 5.88 Å². The maximum absolute atomic E-state index is 6.33. The van der Waals surface area contributed by atoms with E-state index in [1.165, 1.54) is 11.1 Å². The lowest BCUT2D eigenvalue weighted by molar-refractivity contribution is 0.0939. The monoisotopic (exact) mass is 419 g/mol. The molecule has 4 heterocycles. The van der Waals surface area contributed by atoms with E-state index in [9.17, 15) is 0 Å². The molecule has 1 aliphatic heterocycles. The van der Waals surface area contributed by atoms with Gasteiger partial charge in [-0.05, 0) is 31.4 Å². The Labute approximate surface area is 180 Å². The molecule has 0 N–H and O–H groups in total. The van der Waals surface area contributed by atoms with Gasteiger partial charge in [-0.1, -0.05) is 29.8 Å². The van der Waals surface area contributed by atoms with Crippen LogP contribution in [0.1, 0.15) is 29.7 Å². The molecular weight excluding hydrogens is 394 g/mol. The van der Waals surface area contributed by atoms with Crippen molar-refractivity contribution in [2.75, 3.05) is 13.1 Å². The van der Waals surface area contributed by atoms with Gasteiger partial charge in [-0.25, -0.2) is 15.0 Å². The van der Waals surface area contributed by atoms with Crippen LogP contribution in [0.15, 0.2) is 53.7 Å². The zero-order valence-electron chi connectivity index (χ0n) is 17.1. The maximum atomic E-state index is 6.33. The number of hydrogen-bond acceptors (Lipinski definition) is 6. The Morgan fingerprint density at radius 1 is 1.10 bits per heavy atom. The molecule has 0 spiro atoms. The Hall–Kier alpha value is -2.77. The van der Waals surface area contributed by atoms with Gasteiger partial charge in [0.15, 0.2) is 0 Å². The second-order valence-electron chi connectivity index (χ2n) is 7.92. The number of piperidine rings is 1. The van der Waals surface area contributed by atoms with Gasteiger partial charge >= 0.3 is 0 Å². The van der Waals surface area contributed by atoms with E-state index in [1.54, 1.807) is 17.7 Å². The third kappa shape index (κ3) is 4.22. The second kappa shape index (κ2) is 8.53. The first-order chi connectivity index (χ1) is 14.7. The van der Waals surface area contributed by atoms with Crippen molar-refractivity contribution in [1.29, 1.82) is 0 Å². The first-order valence-corrected chi connectivity index (χ1v) is 11.3. The minimum Gasteiger partial charge on any atom is -0.474 e. The highest BCUT2D eigenvalue weighted by atomic mass is 32.1. The van der Waals surface area contributed by atoms with Gasteiger partial charge in [0.1, 0.15) is 18.1 Å². The third-order valence-corrected chi connectivity index (χ3v) is 6.27. The summed E-state index contributed by atoms with van der Waals surface area (Å²) in [7, 11) is 0. The highest BCUT2D eigenvalue weighted by molar-refractivity contribution is 7.07. The van der Waals surface area contributed by atoms with Crippen LogP contribution in [0.25, 0.3) is 11.0 Å². The van der Waals surface area contributed by atoms with Gasteiger partial charge in [0.05, 0.1) is 16.6 Å². The molecule has 30 heavy (non-hydrogen) atoms. The molecule has 154 valence electrons. The molecule has 0 amide bonds. The molecule has 3 aromatic heterocycles. The Bertz CT molecular complexity index is 1120. The topological polar surface area (TPSA) is 56.1 Å². The minimum absolute atomic E-state index is 0.190. The van der Waals surface area contributed by atoms with Gasteiger partial charge in [0.25, 0.3) is 0 Å². The van der Waals surface area contributed by atoms with Gasteiger partial charge < -0.3 is 9.30 Å². The number of likely N-dealkylation sites (tertiary alicyclic amines) is 1. The molecule has 0 unspecified atom stereocenters. The molecule has 0 aliphatic carbocycles. The Kier molecular flexibility index (Phi) is 5.46. The van der Waals surface area contributed by atoms with Crippen LogP contribution in [0.4, 0.5) is 0 Å². The first kappa shape index (κ1) is 19.2. The lowest BCUT2D eigenvalue weighted by Crippen LogP contribution is -2.38. The average Bonchev–Trinajstić information content (AvgIpc) is 3.40. The van der Waals surface area contributed by atoms with E-state index in [0.29, 0.717) is 5.88 Å². The predicted octanol–water partition coefficient (Wildman–Crippen LogP) is 4.29. The number of benzene rings is 1. The van der Waals surface area contributed by atoms with Gasteiger partial charge in [-0.3, -0.25) is 4.90 Å². The van der Waals surface area contributed by atoms with E-state index in [-0.39, 0.29) is 6.10 Å². The summed E-state index contributed by atoms with van der Waals surface area (Å²) in [4.78, 5) is 15.8. The molecule has 0 radical (unpaired) electrons. The number of thiazole rings is 1. The summed E-state index contributed by atoms with van der Waals surface area (Å²) in [6, 6.07) is 10.6. The van der Waals surface area contributed by atoms with Crippen LogP contribution >= 0.6 is 11.3 Å². The third-order valence-electron chi connectivity index (χ3n) is 5.64. The highest BCUT2D eigenvalue weighted by Crippen LogP contribution is 2.26. The lowest BCUT2D eigenvalue weighted by atomic mass is 10.1. The molecule has 1 aromatic carbocycles. The van der Waals surface area contributed by atoms with Crippen LogP contribution in [0.5, 0.6) is 5.88 Å². The molecular formula is C23H25N5OS. The standard InChI is InChI=1S/C23H25N5OS/c1-17-3-2-4-18(11-17)12-28-10-7-21-22(28)24-15-25-23(21)29-20-5-8-27(9-6-20)13-19-14-30-16-26-19/h2-4,7,10-11,14-16,20H,5-6,8-9,12-13H2,1H3. The number of ether oxygens (including phenoxy) is 1. The van der Waals surface area contributed by atoms with E-state index in [0.717, 1.165) is 55.7 Å². The van der Waals surface area contributed by atoms with E-state index in [1.807, 2.05) is 5.51 Å². The fourth-order valence-electron chi connectivity index (χ4n) is 4.10. The van der Waals surface area contributed by atoms with Gasteiger partial charge in [-0.15, -0.1) is 11.3 Å². The lowest BCUT2D eigenvalue weighted by Gasteiger charge is -2.31. The summed E-state index contributed by atoms with van der Waals surface area (Å²) in [5.74, 6) is 0.695. The van der Waals surface area contributed by atoms with Gasteiger partial charge in [0, 0.05) is 37.8 Å². The molecule has 0 atom stereocenters. The number of nitrogens with zero attached hydrogens (tertiary/aromatic N) is 5. The average molecular weight is 420 g/mol. The number of hydrogen-bond donors (Lipinski definition) is 0. The van der Waals surface area contributed by atoms with Crippen LogP contribution in [0.2, 0.25) is 0 Å². The summed E-state index contributed by atoms with van der Waals surface area (Å²) in [5.41, 5.74) is 6.51. The zero-order chi connectivity index (χ0) is 20.3. The van der Waals surface area contributed by atoms with Crippen molar-refractivity contribution >= 4 is 22.4 Å². The van der Waals surface area contributed by atoms with Crippen molar-refractivity contribution < 1.29 is 4.74 Å². The van der Waals surface area contributed by atoms with Crippen molar-refractivity contribution in [3.05, 3.63) is 70.6 Å². The van der Waals surface area contributed by atoms with Crippen LogP contribution in [-0.2, 0) is 13.1 Å². The van der Waals surface area contributed by atoms with Crippen LogP contribution < -0.4 is 4.74 Å². The fraction of sp³-hybridized carbons (Fsp3) is 0.348. The molecule has 1 saturated heterocycles. The Morgan fingerprint density at radius 3 is 2.80 bits per heavy atom. The number of fused-ring (bicyclic) bond motifs is 1. The van der Waals surface area contributed by atoms with Crippen molar-refractivity contribution in [3.63, 3.8) is 0 Å². The summed E-state index contributed by atoms with van der Waals surface area (Å²) >= 11 is 1.66. The van der Waals surface area contributed by atoms with Crippen molar-refractivity contribution in [1.82, 2.24) is 24.4 Å². The van der Waals surface area contributed by atoms with Crippen molar-refractivity contribution in [2.45, 2.75) is 39.0 Å². The van der Waals surface area contributed by atoms with Crippen molar-refractivity contribution in [2.24, 2.45) is 0 Å². The maximum Gasteiger partial charge on any atom is 0.226 e. The molecule has 1 aliphatic rings. The van der Waals surface area contributed by atoms with E-state index < -0.39 is 0 Å². The van der Waals surface area contributed by atoms with Crippen LogP contribution in [0.3, 0.4) is 0 Å². The van der Waals surface area contributed by atoms with Crippen LogP contribution in [-0.4, -0.2) is 43.6 Å². The summed E-state index contributed by atoms with van der Waals surface area (Å²) in [6.45, 7) is 5.87. The quantitative estimate of drug-likeness (QED) is 0.467. The molecule has 6 nitrogen and oxygen atoms in total. The van der Waals surface area contributed by atoms with Gasteiger partial charge in [0.2, 0.25) is 5.88 Å². The minimum atomic E-state index is 0.190. The predicted molar refractivity (Wildman–Crippen MR) is 119 cm³/mol. The molecule has 5 rings (SSSR count). The summed E-state index contributed by atoms with van der Waals surface area (Å²) < 4.78 is 8.49.